The van der Waals surface area contributed by atoms with Gasteiger partial charge in [0.2, 0.25) is 0 Å². The summed E-state index contributed by atoms with van der Waals surface area (Å²) in [6.45, 7) is 1.91. The first kappa shape index (κ1) is 14.6. The Kier molecular flexibility index (Phi) is 4.77. The minimum absolute atomic E-state index is 0.0509. The summed E-state index contributed by atoms with van der Waals surface area (Å²) in [6, 6.07) is 6.42. The van der Waals surface area contributed by atoms with Crippen LogP contribution in [0.5, 0.6) is 0 Å². The molecule has 0 aliphatic heterocycles. The summed E-state index contributed by atoms with van der Waals surface area (Å²) in [7, 11) is 0. The van der Waals surface area contributed by atoms with Gasteiger partial charge in [-0.2, -0.15) is 0 Å². The van der Waals surface area contributed by atoms with E-state index in [-0.39, 0.29) is 11.8 Å². The lowest BCUT2D eigenvalue weighted by Gasteiger charge is -2.28. The molecular weight excluding hydrogens is 254 g/mol. The van der Waals surface area contributed by atoms with Crippen molar-refractivity contribution in [2.75, 3.05) is 0 Å². The largest absolute Gasteiger partial charge is 0.480 e. The summed E-state index contributed by atoms with van der Waals surface area (Å²) in [5.74, 6) is -1.18. The van der Waals surface area contributed by atoms with Crippen molar-refractivity contribution >= 4 is 11.9 Å². The maximum atomic E-state index is 12.2. The van der Waals surface area contributed by atoms with Gasteiger partial charge in [0.05, 0.1) is 0 Å². The van der Waals surface area contributed by atoms with Gasteiger partial charge < -0.3 is 10.4 Å². The Morgan fingerprint density at radius 2 is 1.95 bits per heavy atom. The molecule has 1 saturated carbocycles. The van der Waals surface area contributed by atoms with Crippen molar-refractivity contribution in [2.45, 2.75) is 45.1 Å². The zero-order valence-corrected chi connectivity index (χ0v) is 11.8. The molecule has 0 unspecified atom stereocenters. The van der Waals surface area contributed by atoms with Gasteiger partial charge in [0.25, 0.3) is 5.91 Å². The van der Waals surface area contributed by atoms with Crippen LogP contribution in [0.25, 0.3) is 0 Å². The number of nitrogens with one attached hydrogen (secondary N) is 1. The van der Waals surface area contributed by atoms with Crippen molar-refractivity contribution in [1.82, 2.24) is 5.32 Å². The van der Waals surface area contributed by atoms with Gasteiger partial charge in [-0.3, -0.25) is 4.79 Å². The highest BCUT2D eigenvalue weighted by molar-refractivity contribution is 5.96. The van der Waals surface area contributed by atoms with Crippen molar-refractivity contribution < 1.29 is 14.7 Å². The third kappa shape index (κ3) is 3.59. The second-order valence-corrected chi connectivity index (χ2v) is 5.56. The van der Waals surface area contributed by atoms with Gasteiger partial charge in [0.1, 0.15) is 6.04 Å². The first-order valence-electron chi connectivity index (χ1n) is 7.18. The lowest BCUT2D eigenvalue weighted by molar-refractivity contribution is -0.141. The molecule has 2 rings (SSSR count). The number of carbonyl (C=O) groups excluding carboxylic acids is 1. The van der Waals surface area contributed by atoms with E-state index < -0.39 is 12.0 Å². The van der Waals surface area contributed by atoms with Crippen LogP contribution in [-0.4, -0.2) is 23.0 Å². The molecule has 0 radical (unpaired) electrons. The highest BCUT2D eigenvalue weighted by atomic mass is 16.4. The molecule has 1 aromatic rings. The Labute approximate surface area is 119 Å². The Balaban J connectivity index is 2.07. The van der Waals surface area contributed by atoms with Crippen molar-refractivity contribution in [3.05, 3.63) is 35.4 Å². The number of carboxylic acids is 1. The molecule has 20 heavy (non-hydrogen) atoms. The van der Waals surface area contributed by atoms with E-state index in [1.54, 1.807) is 18.2 Å². The molecule has 4 heteroatoms. The normalized spacial score (nSPS) is 17.4. The van der Waals surface area contributed by atoms with Gasteiger partial charge in [-0.15, -0.1) is 0 Å². The van der Waals surface area contributed by atoms with Gasteiger partial charge in [0.15, 0.2) is 0 Å². The summed E-state index contributed by atoms with van der Waals surface area (Å²) in [5.41, 5.74) is 1.51. The van der Waals surface area contributed by atoms with Gasteiger partial charge >= 0.3 is 5.97 Å². The number of carbonyl (C=O) groups is 2. The number of rotatable bonds is 4. The minimum atomic E-state index is -0.932. The lowest BCUT2D eigenvalue weighted by Crippen LogP contribution is -2.46. The SMILES string of the molecule is Cc1cccc(C(=O)N[C@@H](C(=O)O)C2CCCCC2)c1. The molecule has 1 atom stereocenters. The summed E-state index contributed by atoms with van der Waals surface area (Å²) < 4.78 is 0. The summed E-state index contributed by atoms with van der Waals surface area (Å²) >= 11 is 0. The van der Waals surface area contributed by atoms with Crippen LogP contribution in [0.4, 0.5) is 0 Å². The molecule has 0 saturated heterocycles. The molecule has 0 spiro atoms. The Bertz CT molecular complexity index is 492. The van der Waals surface area contributed by atoms with Gasteiger partial charge in [-0.25, -0.2) is 4.79 Å². The highest BCUT2D eigenvalue weighted by Gasteiger charge is 2.30. The zero-order valence-electron chi connectivity index (χ0n) is 11.8. The number of aliphatic carboxylic acids is 1. The van der Waals surface area contributed by atoms with Crippen LogP contribution in [0.15, 0.2) is 24.3 Å². The maximum absolute atomic E-state index is 12.2. The monoisotopic (exact) mass is 275 g/mol. The second kappa shape index (κ2) is 6.55. The van der Waals surface area contributed by atoms with E-state index in [1.807, 2.05) is 13.0 Å². The Hall–Kier alpha value is -1.84. The number of hydrogen-bond donors (Lipinski definition) is 2. The van der Waals surface area contributed by atoms with Crippen molar-refractivity contribution in [3.63, 3.8) is 0 Å². The molecule has 4 nitrogen and oxygen atoms in total. The molecule has 1 aliphatic carbocycles. The molecule has 1 aliphatic rings. The Morgan fingerprint density at radius 3 is 2.55 bits per heavy atom. The minimum Gasteiger partial charge on any atom is -0.480 e. The first-order chi connectivity index (χ1) is 9.58. The number of benzene rings is 1. The van der Waals surface area contributed by atoms with Crippen LogP contribution in [0, 0.1) is 12.8 Å². The topological polar surface area (TPSA) is 66.4 Å². The van der Waals surface area contributed by atoms with Gasteiger partial charge in [-0.05, 0) is 37.8 Å². The third-order valence-electron chi connectivity index (χ3n) is 3.95. The van der Waals surface area contributed by atoms with Gasteiger partial charge in [0, 0.05) is 5.56 Å². The fourth-order valence-electron chi connectivity index (χ4n) is 2.86. The smallest absolute Gasteiger partial charge is 0.326 e. The van der Waals surface area contributed by atoms with E-state index >= 15 is 0 Å². The number of carboxylic acid groups (broad SMARTS) is 1. The van der Waals surface area contributed by atoms with Crippen LogP contribution >= 0.6 is 0 Å². The fourth-order valence-corrected chi connectivity index (χ4v) is 2.86. The number of hydrogen-bond acceptors (Lipinski definition) is 2. The van der Waals surface area contributed by atoms with Crippen LogP contribution in [0.2, 0.25) is 0 Å². The molecular formula is C16H21NO3. The third-order valence-corrected chi connectivity index (χ3v) is 3.95. The van der Waals surface area contributed by atoms with E-state index in [1.165, 1.54) is 0 Å². The standard InChI is InChI=1S/C16H21NO3/c1-11-6-5-9-13(10-11)15(18)17-14(16(19)20)12-7-3-2-4-8-12/h5-6,9-10,12,14H,2-4,7-8H2,1H3,(H,17,18)(H,19,20)/t14-/m1/s1. The number of aryl methyl sites for hydroxylation is 1. The molecule has 0 bridgehead atoms. The second-order valence-electron chi connectivity index (χ2n) is 5.56. The fraction of sp³-hybridized carbons (Fsp3) is 0.500. The molecule has 108 valence electrons. The molecule has 1 fully saturated rings. The summed E-state index contributed by atoms with van der Waals surface area (Å²) in [4.78, 5) is 23.6. The van der Waals surface area contributed by atoms with Crippen LogP contribution in [0.1, 0.15) is 48.0 Å². The molecule has 0 aromatic heterocycles. The van der Waals surface area contributed by atoms with Crippen LogP contribution in [-0.2, 0) is 4.79 Å². The van der Waals surface area contributed by atoms with Crippen LogP contribution < -0.4 is 5.32 Å². The predicted octanol–water partition coefficient (Wildman–Crippen LogP) is 2.76. The van der Waals surface area contributed by atoms with Gasteiger partial charge in [-0.1, -0.05) is 37.0 Å². The maximum Gasteiger partial charge on any atom is 0.326 e. The quantitative estimate of drug-likeness (QED) is 0.888. The van der Waals surface area contributed by atoms with E-state index in [2.05, 4.69) is 5.32 Å². The molecule has 2 N–H and O–H groups in total. The Morgan fingerprint density at radius 1 is 1.25 bits per heavy atom. The van der Waals surface area contributed by atoms with Crippen molar-refractivity contribution in [3.8, 4) is 0 Å². The average molecular weight is 275 g/mol. The van der Waals surface area contributed by atoms with E-state index in [4.69, 9.17) is 0 Å². The molecule has 1 aromatic carbocycles. The highest BCUT2D eigenvalue weighted by Crippen LogP contribution is 2.26. The predicted molar refractivity (Wildman–Crippen MR) is 76.6 cm³/mol. The molecule has 1 amide bonds. The van der Waals surface area contributed by atoms with E-state index in [9.17, 15) is 14.7 Å². The first-order valence-corrected chi connectivity index (χ1v) is 7.18. The average Bonchev–Trinajstić information content (AvgIpc) is 2.45. The zero-order chi connectivity index (χ0) is 14.5. The van der Waals surface area contributed by atoms with E-state index in [0.717, 1.165) is 37.7 Å². The summed E-state index contributed by atoms with van der Waals surface area (Å²) in [5, 5.41) is 12.1. The lowest BCUT2D eigenvalue weighted by atomic mass is 9.84. The summed E-state index contributed by atoms with van der Waals surface area (Å²) in [6.07, 6.45) is 5.02. The van der Waals surface area contributed by atoms with E-state index in [0.29, 0.717) is 5.56 Å². The van der Waals surface area contributed by atoms with Crippen molar-refractivity contribution in [1.29, 1.82) is 0 Å². The van der Waals surface area contributed by atoms with Crippen molar-refractivity contribution in [2.24, 2.45) is 5.92 Å². The molecule has 0 heterocycles. The van der Waals surface area contributed by atoms with Crippen LogP contribution in [0.3, 0.4) is 0 Å². The number of amides is 1.